The minimum atomic E-state index is -0.535. The molecular formula is C17H23N3O3. The number of fused-ring (bicyclic) bond motifs is 1. The molecule has 0 aromatic carbocycles. The van der Waals surface area contributed by atoms with Crippen molar-refractivity contribution in [2.45, 2.75) is 47.6 Å². The molecule has 2 aromatic heterocycles. The fraction of sp³-hybridized carbons (Fsp3) is 0.529. The van der Waals surface area contributed by atoms with Gasteiger partial charge in [-0.3, -0.25) is 4.79 Å². The third kappa shape index (κ3) is 3.57. The molecule has 0 saturated carbocycles. The van der Waals surface area contributed by atoms with E-state index in [9.17, 15) is 9.59 Å². The number of aromatic nitrogens is 3. The van der Waals surface area contributed by atoms with Crippen LogP contribution in [0.1, 0.15) is 56.7 Å². The van der Waals surface area contributed by atoms with Crippen LogP contribution in [-0.2, 0) is 9.53 Å². The second-order valence-electron chi connectivity index (χ2n) is 6.98. The molecule has 2 heterocycles. The Labute approximate surface area is 135 Å². The average Bonchev–Trinajstić information content (AvgIpc) is 2.85. The summed E-state index contributed by atoms with van der Waals surface area (Å²) in [7, 11) is 0. The monoisotopic (exact) mass is 317 g/mol. The summed E-state index contributed by atoms with van der Waals surface area (Å²) in [6, 6.07) is 1.80. The van der Waals surface area contributed by atoms with Crippen molar-refractivity contribution in [3.8, 4) is 0 Å². The van der Waals surface area contributed by atoms with Crippen molar-refractivity contribution in [3.63, 3.8) is 0 Å². The van der Waals surface area contributed by atoms with Crippen LogP contribution in [0, 0.1) is 12.3 Å². The van der Waals surface area contributed by atoms with E-state index in [2.05, 4.69) is 10.1 Å². The first-order chi connectivity index (χ1) is 10.6. The molecule has 0 atom stereocenters. The van der Waals surface area contributed by atoms with Gasteiger partial charge in [0, 0.05) is 17.2 Å². The SMILES string of the molecule is Cc1cc(C(=O)OCC(=O)C(C)(C)C)c2cnn(C(C)C)c2n1. The first-order valence-corrected chi connectivity index (χ1v) is 7.66. The molecule has 0 bridgehead atoms. The first-order valence-electron chi connectivity index (χ1n) is 7.66. The largest absolute Gasteiger partial charge is 0.454 e. The third-order valence-electron chi connectivity index (χ3n) is 3.57. The summed E-state index contributed by atoms with van der Waals surface area (Å²) in [5.74, 6) is -0.646. The average molecular weight is 317 g/mol. The Kier molecular flexibility index (Phi) is 4.54. The molecule has 2 aromatic rings. The predicted octanol–water partition coefficient (Wildman–Crippen LogP) is 3.09. The van der Waals surface area contributed by atoms with Crippen LogP contribution in [0.5, 0.6) is 0 Å². The van der Waals surface area contributed by atoms with Crippen molar-refractivity contribution in [1.29, 1.82) is 0 Å². The zero-order valence-corrected chi connectivity index (χ0v) is 14.5. The number of hydrogen-bond donors (Lipinski definition) is 0. The molecule has 2 rings (SSSR count). The number of esters is 1. The van der Waals surface area contributed by atoms with Crippen LogP contribution in [0.4, 0.5) is 0 Å². The number of rotatable bonds is 4. The van der Waals surface area contributed by atoms with E-state index >= 15 is 0 Å². The molecule has 6 heteroatoms. The second-order valence-corrected chi connectivity index (χ2v) is 6.98. The molecule has 0 amide bonds. The quantitative estimate of drug-likeness (QED) is 0.810. The van der Waals surface area contributed by atoms with Crippen LogP contribution in [0.2, 0.25) is 0 Å². The van der Waals surface area contributed by atoms with E-state index in [0.29, 0.717) is 22.3 Å². The Bertz CT molecular complexity index is 754. The zero-order valence-electron chi connectivity index (χ0n) is 14.5. The van der Waals surface area contributed by atoms with Gasteiger partial charge in [-0.25, -0.2) is 14.5 Å². The minimum Gasteiger partial charge on any atom is -0.454 e. The second kappa shape index (κ2) is 6.10. The number of carbonyl (C=O) groups is 2. The molecule has 0 aliphatic rings. The Hall–Kier alpha value is -2.24. The lowest BCUT2D eigenvalue weighted by molar-refractivity contribution is -0.129. The molecule has 0 aliphatic carbocycles. The first kappa shape index (κ1) is 17.1. The van der Waals surface area contributed by atoms with E-state index < -0.39 is 11.4 Å². The van der Waals surface area contributed by atoms with E-state index in [0.717, 1.165) is 0 Å². The number of ketones is 1. The third-order valence-corrected chi connectivity index (χ3v) is 3.57. The van der Waals surface area contributed by atoms with Crippen LogP contribution >= 0.6 is 0 Å². The van der Waals surface area contributed by atoms with E-state index in [4.69, 9.17) is 4.74 Å². The lowest BCUT2D eigenvalue weighted by Gasteiger charge is -2.16. The van der Waals surface area contributed by atoms with Gasteiger partial charge in [-0.05, 0) is 26.8 Å². The number of nitrogens with zero attached hydrogens (tertiary/aromatic N) is 3. The summed E-state index contributed by atoms with van der Waals surface area (Å²) < 4.78 is 6.96. The molecule has 0 saturated heterocycles. The smallest absolute Gasteiger partial charge is 0.339 e. The van der Waals surface area contributed by atoms with Gasteiger partial charge in [-0.2, -0.15) is 5.10 Å². The van der Waals surface area contributed by atoms with Crippen molar-refractivity contribution in [3.05, 3.63) is 23.5 Å². The van der Waals surface area contributed by atoms with Crippen LogP contribution in [-0.4, -0.2) is 33.1 Å². The Morgan fingerprint density at radius 3 is 2.52 bits per heavy atom. The van der Waals surface area contributed by atoms with Gasteiger partial charge < -0.3 is 4.74 Å². The van der Waals surface area contributed by atoms with Crippen LogP contribution in [0.3, 0.4) is 0 Å². The summed E-state index contributed by atoms with van der Waals surface area (Å²) in [6.07, 6.45) is 1.62. The lowest BCUT2D eigenvalue weighted by atomic mass is 9.91. The molecule has 23 heavy (non-hydrogen) atoms. The predicted molar refractivity (Wildman–Crippen MR) is 87.4 cm³/mol. The van der Waals surface area contributed by atoms with Crippen molar-refractivity contribution >= 4 is 22.8 Å². The van der Waals surface area contributed by atoms with Crippen LogP contribution in [0.25, 0.3) is 11.0 Å². The lowest BCUT2D eigenvalue weighted by Crippen LogP contribution is -2.26. The Morgan fingerprint density at radius 2 is 1.96 bits per heavy atom. The van der Waals surface area contributed by atoms with Gasteiger partial charge in [0.25, 0.3) is 0 Å². The van der Waals surface area contributed by atoms with Gasteiger partial charge in [0.15, 0.2) is 18.0 Å². The van der Waals surface area contributed by atoms with E-state index in [1.54, 1.807) is 37.7 Å². The Morgan fingerprint density at radius 1 is 1.30 bits per heavy atom. The molecule has 6 nitrogen and oxygen atoms in total. The maximum absolute atomic E-state index is 12.4. The van der Waals surface area contributed by atoms with E-state index in [1.807, 2.05) is 20.8 Å². The summed E-state index contributed by atoms with van der Waals surface area (Å²) in [5.41, 5.74) is 1.20. The normalized spacial score (nSPS) is 12.0. The van der Waals surface area contributed by atoms with Crippen molar-refractivity contribution in [2.24, 2.45) is 5.41 Å². The molecule has 0 aliphatic heterocycles. The van der Waals surface area contributed by atoms with Gasteiger partial charge in [-0.1, -0.05) is 20.8 Å². The summed E-state index contributed by atoms with van der Waals surface area (Å²) in [5, 5.41) is 4.93. The number of aryl methyl sites for hydroxylation is 1. The van der Waals surface area contributed by atoms with Gasteiger partial charge in [-0.15, -0.1) is 0 Å². The van der Waals surface area contributed by atoms with Crippen molar-refractivity contribution in [1.82, 2.24) is 14.8 Å². The molecule has 0 N–H and O–H groups in total. The molecular weight excluding hydrogens is 294 g/mol. The maximum atomic E-state index is 12.4. The van der Waals surface area contributed by atoms with Crippen LogP contribution in [0.15, 0.2) is 12.3 Å². The topological polar surface area (TPSA) is 74.1 Å². The highest BCUT2D eigenvalue weighted by atomic mass is 16.5. The highest BCUT2D eigenvalue weighted by Gasteiger charge is 2.24. The fourth-order valence-corrected chi connectivity index (χ4v) is 2.12. The van der Waals surface area contributed by atoms with E-state index in [1.165, 1.54) is 0 Å². The molecule has 0 fully saturated rings. The van der Waals surface area contributed by atoms with Gasteiger partial charge in [0.2, 0.25) is 0 Å². The highest BCUT2D eigenvalue weighted by Crippen LogP contribution is 2.22. The summed E-state index contributed by atoms with van der Waals surface area (Å²) in [6.45, 7) is 11.0. The number of ether oxygens (including phenoxy) is 1. The van der Waals surface area contributed by atoms with Crippen molar-refractivity contribution < 1.29 is 14.3 Å². The minimum absolute atomic E-state index is 0.120. The van der Waals surface area contributed by atoms with Crippen LogP contribution < -0.4 is 0 Å². The molecule has 124 valence electrons. The van der Waals surface area contributed by atoms with Gasteiger partial charge in [0.1, 0.15) is 0 Å². The van der Waals surface area contributed by atoms with Gasteiger partial charge in [0.05, 0.1) is 17.1 Å². The molecule has 0 radical (unpaired) electrons. The standard InChI is InChI=1S/C17H23N3O3/c1-10(2)20-15-13(8-18-20)12(7-11(3)19-15)16(22)23-9-14(21)17(4,5)6/h7-8,10H,9H2,1-6H3. The van der Waals surface area contributed by atoms with Gasteiger partial charge >= 0.3 is 5.97 Å². The summed E-state index contributed by atoms with van der Waals surface area (Å²) in [4.78, 5) is 28.8. The van der Waals surface area contributed by atoms with E-state index in [-0.39, 0.29) is 18.4 Å². The number of carbonyl (C=O) groups excluding carboxylic acids is 2. The Balaban J connectivity index is 2.32. The fourth-order valence-electron chi connectivity index (χ4n) is 2.12. The number of pyridine rings is 1. The molecule has 0 unspecified atom stereocenters. The maximum Gasteiger partial charge on any atom is 0.339 e. The number of hydrogen-bond acceptors (Lipinski definition) is 5. The zero-order chi connectivity index (χ0) is 17.4. The summed E-state index contributed by atoms with van der Waals surface area (Å²) >= 11 is 0. The van der Waals surface area contributed by atoms with Crippen molar-refractivity contribution in [2.75, 3.05) is 6.61 Å². The molecule has 0 spiro atoms. The highest BCUT2D eigenvalue weighted by molar-refractivity contribution is 6.03. The number of Topliss-reactive ketones (excluding diaryl/α,β-unsaturated/α-hetero) is 1.